The number of aromatic nitrogens is 2. The van der Waals surface area contributed by atoms with Crippen molar-refractivity contribution < 1.29 is 24.5 Å². The Kier molecular flexibility index (Phi) is 5.72. The number of H-pyrrole nitrogens is 1. The second kappa shape index (κ2) is 8.88. The number of ketones is 1. The van der Waals surface area contributed by atoms with E-state index in [1.807, 2.05) is 39.0 Å². The number of aryl methyl sites for hydroxylation is 1. The first-order valence-electron chi connectivity index (χ1n) is 11.6. The van der Waals surface area contributed by atoms with Gasteiger partial charge in [-0.3, -0.25) is 14.5 Å². The number of nitrogens with one attached hydrogen (secondary N) is 1. The average molecular weight is 484 g/mol. The number of aliphatic hydroxyl groups excluding tert-OH is 1. The van der Waals surface area contributed by atoms with Crippen LogP contribution in [0.4, 0.5) is 5.95 Å². The summed E-state index contributed by atoms with van der Waals surface area (Å²) in [5, 5.41) is 21.2. The Hall–Kier alpha value is -4.59. The van der Waals surface area contributed by atoms with Gasteiger partial charge in [-0.15, -0.1) is 0 Å². The van der Waals surface area contributed by atoms with Crippen LogP contribution >= 0.6 is 0 Å². The number of aromatic hydroxyl groups is 1. The Morgan fingerprint density at radius 3 is 2.44 bits per heavy atom. The lowest BCUT2D eigenvalue weighted by Crippen LogP contribution is -2.30. The van der Waals surface area contributed by atoms with Crippen LogP contribution in [0.5, 0.6) is 11.5 Å². The summed E-state index contributed by atoms with van der Waals surface area (Å²) in [6, 6.07) is 17.6. The first-order valence-corrected chi connectivity index (χ1v) is 11.6. The number of hydrogen-bond acceptors (Lipinski definition) is 6. The van der Waals surface area contributed by atoms with E-state index in [4.69, 9.17) is 4.74 Å². The number of hydrogen-bond donors (Lipinski definition) is 3. The second-order valence-electron chi connectivity index (χ2n) is 8.99. The minimum absolute atomic E-state index is 0.0215. The number of carbonyl (C=O) groups is 2. The molecule has 182 valence electrons. The van der Waals surface area contributed by atoms with E-state index < -0.39 is 17.7 Å². The number of ether oxygens (including phenoxy) is 1. The summed E-state index contributed by atoms with van der Waals surface area (Å²) in [5.41, 5.74) is 2.97. The van der Waals surface area contributed by atoms with Gasteiger partial charge in [0.15, 0.2) is 0 Å². The first kappa shape index (κ1) is 23.2. The van der Waals surface area contributed by atoms with Gasteiger partial charge in [0, 0.05) is 5.56 Å². The number of benzene rings is 3. The van der Waals surface area contributed by atoms with Gasteiger partial charge in [-0.1, -0.05) is 24.3 Å². The summed E-state index contributed by atoms with van der Waals surface area (Å²) in [7, 11) is 0. The van der Waals surface area contributed by atoms with Gasteiger partial charge in [-0.2, -0.15) is 0 Å². The van der Waals surface area contributed by atoms with Crippen LogP contribution in [0.1, 0.15) is 36.6 Å². The normalized spacial score (nSPS) is 17.3. The number of carbonyl (C=O) groups excluding carboxylic acids is 2. The summed E-state index contributed by atoms with van der Waals surface area (Å²) >= 11 is 0. The van der Waals surface area contributed by atoms with Gasteiger partial charge in [-0.25, -0.2) is 4.98 Å². The van der Waals surface area contributed by atoms with Crippen molar-refractivity contribution in [3.63, 3.8) is 0 Å². The van der Waals surface area contributed by atoms with Crippen molar-refractivity contribution in [3.8, 4) is 11.5 Å². The summed E-state index contributed by atoms with van der Waals surface area (Å²) in [6.07, 6.45) is -0.0215. The standard InChI is InChI=1S/C28H25N3O5/c1-15(2)36-22-13-10-18(14-16(22)3)25(33)23-24(17-8-11-19(32)12-9-17)31(27(35)26(23)34)28-29-20-6-4-5-7-21(20)30-28/h4-15,24,32-33H,1-3H3,(H,29,30)/b25-23+. The maximum Gasteiger partial charge on any atom is 0.302 e. The molecule has 1 fully saturated rings. The van der Waals surface area contributed by atoms with Crippen LogP contribution in [-0.4, -0.2) is 38.0 Å². The molecule has 1 unspecified atom stereocenters. The number of para-hydroxylation sites is 2. The molecule has 4 aromatic rings. The Morgan fingerprint density at radius 2 is 1.78 bits per heavy atom. The van der Waals surface area contributed by atoms with Gasteiger partial charge < -0.3 is 19.9 Å². The topological polar surface area (TPSA) is 116 Å². The van der Waals surface area contributed by atoms with Crippen LogP contribution in [0.15, 0.2) is 72.3 Å². The van der Waals surface area contributed by atoms with E-state index in [0.29, 0.717) is 27.9 Å². The van der Waals surface area contributed by atoms with E-state index >= 15 is 0 Å². The Labute approximate surface area is 207 Å². The predicted molar refractivity (Wildman–Crippen MR) is 136 cm³/mol. The highest BCUT2D eigenvalue weighted by Gasteiger charge is 2.48. The predicted octanol–water partition coefficient (Wildman–Crippen LogP) is 4.99. The van der Waals surface area contributed by atoms with E-state index in [1.165, 1.54) is 17.0 Å². The molecule has 1 saturated heterocycles. The van der Waals surface area contributed by atoms with Gasteiger partial charge in [0.1, 0.15) is 17.3 Å². The summed E-state index contributed by atoms with van der Waals surface area (Å²) < 4.78 is 5.79. The molecule has 1 aromatic heterocycles. The van der Waals surface area contributed by atoms with Gasteiger partial charge in [0.25, 0.3) is 5.78 Å². The van der Waals surface area contributed by atoms with Crippen molar-refractivity contribution in [1.29, 1.82) is 0 Å². The lowest BCUT2D eigenvalue weighted by molar-refractivity contribution is -0.132. The zero-order valence-electron chi connectivity index (χ0n) is 20.0. The zero-order chi connectivity index (χ0) is 25.6. The molecule has 3 N–H and O–H groups in total. The molecule has 0 bridgehead atoms. The molecule has 1 amide bonds. The van der Waals surface area contributed by atoms with Crippen molar-refractivity contribution in [2.75, 3.05) is 4.90 Å². The molecular weight excluding hydrogens is 458 g/mol. The Balaban J connectivity index is 1.68. The third-order valence-corrected chi connectivity index (χ3v) is 6.07. The number of nitrogens with zero attached hydrogens (tertiary/aromatic N) is 2. The van der Waals surface area contributed by atoms with Crippen LogP contribution < -0.4 is 9.64 Å². The molecule has 0 spiro atoms. The maximum absolute atomic E-state index is 13.3. The van der Waals surface area contributed by atoms with Crippen molar-refractivity contribution >= 4 is 34.4 Å². The third-order valence-electron chi connectivity index (χ3n) is 6.07. The minimum atomic E-state index is -0.960. The highest BCUT2D eigenvalue weighted by atomic mass is 16.5. The molecule has 0 aliphatic carbocycles. The summed E-state index contributed by atoms with van der Waals surface area (Å²) in [5.74, 6) is -1.05. The van der Waals surface area contributed by atoms with Gasteiger partial charge in [-0.05, 0) is 74.4 Å². The number of fused-ring (bicyclic) bond motifs is 1. The number of rotatable bonds is 5. The lowest BCUT2D eigenvalue weighted by atomic mass is 9.95. The van der Waals surface area contributed by atoms with Gasteiger partial charge >= 0.3 is 5.91 Å². The van der Waals surface area contributed by atoms with E-state index in [-0.39, 0.29) is 29.1 Å². The quantitative estimate of drug-likeness (QED) is 0.209. The molecule has 0 saturated carbocycles. The van der Waals surface area contributed by atoms with Crippen LogP contribution in [0, 0.1) is 6.92 Å². The molecule has 2 heterocycles. The first-order chi connectivity index (χ1) is 17.2. The highest BCUT2D eigenvalue weighted by molar-refractivity contribution is 6.51. The molecule has 36 heavy (non-hydrogen) atoms. The number of imidazole rings is 1. The fourth-order valence-electron chi connectivity index (χ4n) is 4.41. The zero-order valence-corrected chi connectivity index (χ0v) is 20.0. The van der Waals surface area contributed by atoms with Crippen molar-refractivity contribution in [2.45, 2.75) is 32.9 Å². The maximum atomic E-state index is 13.3. The van der Waals surface area contributed by atoms with Crippen LogP contribution in [-0.2, 0) is 9.59 Å². The van der Waals surface area contributed by atoms with E-state index in [1.54, 1.807) is 36.4 Å². The van der Waals surface area contributed by atoms with Crippen LogP contribution in [0.3, 0.4) is 0 Å². The Bertz CT molecular complexity index is 1480. The third kappa shape index (κ3) is 3.96. The highest BCUT2D eigenvalue weighted by Crippen LogP contribution is 2.42. The van der Waals surface area contributed by atoms with Crippen molar-refractivity contribution in [2.24, 2.45) is 0 Å². The minimum Gasteiger partial charge on any atom is -0.508 e. The summed E-state index contributed by atoms with van der Waals surface area (Å²) in [4.78, 5) is 35.5. The molecule has 8 heteroatoms. The smallest absolute Gasteiger partial charge is 0.302 e. The van der Waals surface area contributed by atoms with Gasteiger partial charge in [0.05, 0.1) is 28.8 Å². The molecular formula is C28H25N3O5. The van der Waals surface area contributed by atoms with E-state index in [9.17, 15) is 19.8 Å². The van der Waals surface area contributed by atoms with Crippen LogP contribution in [0.25, 0.3) is 16.8 Å². The monoisotopic (exact) mass is 483 g/mol. The lowest BCUT2D eigenvalue weighted by Gasteiger charge is -2.23. The molecule has 3 aromatic carbocycles. The van der Waals surface area contributed by atoms with Crippen molar-refractivity contribution in [3.05, 3.63) is 89.0 Å². The van der Waals surface area contributed by atoms with Crippen LogP contribution in [0.2, 0.25) is 0 Å². The number of Topliss-reactive ketones (excluding diaryl/α,β-unsaturated/α-hetero) is 1. The fraction of sp³-hybridized carbons (Fsp3) is 0.179. The molecule has 8 nitrogen and oxygen atoms in total. The van der Waals surface area contributed by atoms with E-state index in [0.717, 1.165) is 5.56 Å². The fourth-order valence-corrected chi connectivity index (χ4v) is 4.41. The number of aliphatic hydroxyl groups is 1. The number of aromatic amines is 1. The second-order valence-corrected chi connectivity index (χ2v) is 8.99. The number of amides is 1. The molecule has 1 atom stereocenters. The van der Waals surface area contributed by atoms with E-state index in [2.05, 4.69) is 9.97 Å². The SMILES string of the molecule is Cc1cc(/C(O)=C2\C(=O)C(=O)N(c3nc4ccccc4[nH]3)C2c2ccc(O)cc2)ccc1OC(C)C. The van der Waals surface area contributed by atoms with Crippen molar-refractivity contribution in [1.82, 2.24) is 9.97 Å². The largest absolute Gasteiger partial charge is 0.508 e. The molecule has 5 rings (SSSR count). The molecule has 1 aliphatic rings. The van der Waals surface area contributed by atoms with Gasteiger partial charge in [0.2, 0.25) is 5.95 Å². The molecule has 0 radical (unpaired) electrons. The number of anilines is 1. The Morgan fingerprint density at radius 1 is 1.06 bits per heavy atom. The number of phenols is 1. The average Bonchev–Trinajstić information content (AvgIpc) is 3.39. The number of phenolic OH excluding ortho intramolecular Hbond substituents is 1. The molecule has 1 aliphatic heterocycles. The summed E-state index contributed by atoms with van der Waals surface area (Å²) in [6.45, 7) is 5.69.